The molecule has 34 heavy (non-hydrogen) atoms. The van der Waals surface area contributed by atoms with Crippen LogP contribution in [0.2, 0.25) is 10.0 Å². The van der Waals surface area contributed by atoms with E-state index in [0.29, 0.717) is 15.3 Å². The van der Waals surface area contributed by atoms with E-state index in [4.69, 9.17) is 27.9 Å². The zero-order valence-corrected chi connectivity index (χ0v) is 20.7. The standard InChI is InChI=1S/C22H15Cl2F3N2O3S2/c1-32-17-6-3-12(9-20(17)34(2,30)31)18-7-8-19(33-18)16-11-21(22(25,26)27)28-29(16)15-10-13(23)4-5-14(15)24/h3-11H,1-2H3. The fourth-order valence-corrected chi connectivity index (χ4v) is 5.50. The fraction of sp³-hybridized carbons (Fsp3) is 0.136. The number of halogens is 5. The third-order valence-corrected chi connectivity index (χ3v) is 7.67. The van der Waals surface area contributed by atoms with Gasteiger partial charge in [-0.1, -0.05) is 23.2 Å². The Morgan fingerprint density at radius 3 is 2.35 bits per heavy atom. The Morgan fingerprint density at radius 1 is 1.00 bits per heavy atom. The lowest BCUT2D eigenvalue weighted by Gasteiger charge is -2.09. The van der Waals surface area contributed by atoms with Crippen molar-refractivity contribution in [1.82, 2.24) is 9.78 Å². The molecular weight excluding hydrogens is 532 g/mol. The SMILES string of the molecule is COc1ccc(-c2ccc(-c3cc(C(F)(F)F)nn3-c3cc(Cl)ccc3Cl)s2)cc1S(C)(=O)=O. The Labute approximate surface area is 207 Å². The van der Waals surface area contributed by atoms with Crippen LogP contribution < -0.4 is 4.74 Å². The van der Waals surface area contributed by atoms with E-state index in [1.54, 1.807) is 18.2 Å². The molecule has 2 heterocycles. The Balaban J connectivity index is 1.86. The average Bonchev–Trinajstić information content (AvgIpc) is 3.41. The molecule has 0 saturated carbocycles. The van der Waals surface area contributed by atoms with Gasteiger partial charge in [-0.2, -0.15) is 18.3 Å². The third-order valence-electron chi connectivity index (χ3n) is 4.84. The first kappa shape index (κ1) is 24.6. The van der Waals surface area contributed by atoms with Crippen molar-refractivity contribution >= 4 is 44.4 Å². The van der Waals surface area contributed by atoms with E-state index in [2.05, 4.69) is 5.10 Å². The highest BCUT2D eigenvalue weighted by Gasteiger charge is 2.35. The summed E-state index contributed by atoms with van der Waals surface area (Å²) in [7, 11) is -2.20. The van der Waals surface area contributed by atoms with Gasteiger partial charge in [-0.25, -0.2) is 13.1 Å². The van der Waals surface area contributed by atoms with E-state index in [-0.39, 0.29) is 32.1 Å². The number of thiophene rings is 1. The molecule has 0 bridgehead atoms. The third kappa shape index (κ3) is 4.81. The Morgan fingerprint density at radius 2 is 1.71 bits per heavy atom. The summed E-state index contributed by atoms with van der Waals surface area (Å²) in [6.07, 6.45) is -3.61. The van der Waals surface area contributed by atoms with Gasteiger partial charge >= 0.3 is 6.18 Å². The zero-order chi connectivity index (χ0) is 24.8. The second-order valence-electron chi connectivity index (χ2n) is 7.22. The van der Waals surface area contributed by atoms with Crippen LogP contribution in [0, 0.1) is 0 Å². The predicted molar refractivity (Wildman–Crippen MR) is 127 cm³/mol. The number of hydrogen-bond acceptors (Lipinski definition) is 5. The van der Waals surface area contributed by atoms with Gasteiger partial charge in [0.2, 0.25) is 0 Å². The molecule has 0 radical (unpaired) electrons. The lowest BCUT2D eigenvalue weighted by atomic mass is 10.2. The largest absolute Gasteiger partial charge is 0.495 e. The Bertz CT molecular complexity index is 1500. The summed E-state index contributed by atoms with van der Waals surface area (Å²) in [4.78, 5) is 1.12. The average molecular weight is 547 g/mol. The number of hydrogen-bond donors (Lipinski definition) is 0. The lowest BCUT2D eigenvalue weighted by Crippen LogP contribution is -2.07. The minimum absolute atomic E-state index is 0.0116. The molecule has 0 atom stereocenters. The minimum Gasteiger partial charge on any atom is -0.495 e. The molecule has 0 unspecified atom stereocenters. The normalized spacial score (nSPS) is 12.2. The molecule has 0 spiro atoms. The van der Waals surface area contributed by atoms with Crippen LogP contribution in [-0.4, -0.2) is 31.6 Å². The van der Waals surface area contributed by atoms with Crippen LogP contribution in [0.1, 0.15) is 5.69 Å². The minimum atomic E-state index is -4.68. The van der Waals surface area contributed by atoms with Gasteiger partial charge in [0.25, 0.3) is 0 Å². The molecule has 4 aromatic rings. The summed E-state index contributed by atoms with van der Waals surface area (Å²) in [6, 6.07) is 13.4. The molecule has 2 aromatic carbocycles. The molecule has 2 aromatic heterocycles. The highest BCUT2D eigenvalue weighted by atomic mass is 35.5. The van der Waals surface area contributed by atoms with Gasteiger partial charge in [-0.15, -0.1) is 11.3 Å². The quantitative estimate of drug-likeness (QED) is 0.270. The van der Waals surface area contributed by atoms with Crippen molar-refractivity contribution in [2.45, 2.75) is 11.1 Å². The highest BCUT2D eigenvalue weighted by Crippen LogP contribution is 2.40. The number of sulfone groups is 1. The molecule has 4 rings (SSSR count). The van der Waals surface area contributed by atoms with Gasteiger partial charge in [-0.3, -0.25) is 0 Å². The number of benzene rings is 2. The predicted octanol–water partition coefficient (Wildman–Crippen LogP) is 7.01. The first-order valence-corrected chi connectivity index (χ1v) is 13.0. The van der Waals surface area contributed by atoms with E-state index in [9.17, 15) is 21.6 Å². The molecule has 0 saturated heterocycles. The number of alkyl halides is 3. The second kappa shape index (κ2) is 8.92. The first-order valence-electron chi connectivity index (χ1n) is 9.50. The summed E-state index contributed by atoms with van der Waals surface area (Å²) in [6.45, 7) is 0. The van der Waals surface area contributed by atoms with Crippen molar-refractivity contribution in [3.8, 4) is 32.4 Å². The van der Waals surface area contributed by atoms with Crippen LogP contribution in [0.3, 0.4) is 0 Å². The van der Waals surface area contributed by atoms with E-state index in [1.807, 2.05) is 0 Å². The summed E-state index contributed by atoms with van der Waals surface area (Å²) >= 11 is 13.5. The number of ether oxygens (including phenoxy) is 1. The maximum Gasteiger partial charge on any atom is 0.435 e. The number of aromatic nitrogens is 2. The highest BCUT2D eigenvalue weighted by molar-refractivity contribution is 7.90. The van der Waals surface area contributed by atoms with Crippen LogP contribution in [0.4, 0.5) is 13.2 Å². The van der Waals surface area contributed by atoms with Crippen LogP contribution in [0.15, 0.2) is 59.5 Å². The molecule has 0 N–H and O–H groups in total. The van der Waals surface area contributed by atoms with Gasteiger partial charge in [0.1, 0.15) is 10.6 Å². The van der Waals surface area contributed by atoms with Crippen molar-refractivity contribution < 1.29 is 26.3 Å². The molecule has 0 fully saturated rings. The van der Waals surface area contributed by atoms with Crippen molar-refractivity contribution in [2.75, 3.05) is 13.4 Å². The van der Waals surface area contributed by atoms with E-state index in [1.165, 1.54) is 48.8 Å². The molecule has 5 nitrogen and oxygen atoms in total. The van der Waals surface area contributed by atoms with Crippen LogP contribution >= 0.6 is 34.5 Å². The van der Waals surface area contributed by atoms with Gasteiger partial charge in [-0.05, 0) is 60.2 Å². The summed E-state index contributed by atoms with van der Waals surface area (Å²) in [5.74, 6) is 0.200. The molecule has 0 aliphatic heterocycles. The molecular formula is C22H15Cl2F3N2O3S2. The van der Waals surface area contributed by atoms with Crippen LogP contribution in [0.5, 0.6) is 5.75 Å². The van der Waals surface area contributed by atoms with Crippen molar-refractivity contribution in [1.29, 1.82) is 0 Å². The summed E-state index contributed by atoms with van der Waals surface area (Å²) in [5.41, 5.74) is -0.166. The van der Waals surface area contributed by atoms with Gasteiger partial charge in [0.15, 0.2) is 15.5 Å². The fourth-order valence-electron chi connectivity index (χ4n) is 3.28. The van der Waals surface area contributed by atoms with Crippen LogP contribution in [0.25, 0.3) is 26.7 Å². The molecule has 12 heteroatoms. The van der Waals surface area contributed by atoms with Crippen LogP contribution in [-0.2, 0) is 16.0 Å². The van der Waals surface area contributed by atoms with E-state index in [0.717, 1.165) is 17.0 Å². The molecule has 0 amide bonds. The maximum atomic E-state index is 13.5. The second-order valence-corrected chi connectivity index (χ2v) is 11.1. The molecule has 0 aliphatic rings. The van der Waals surface area contributed by atoms with Crippen molar-refractivity contribution in [3.05, 3.63) is 70.3 Å². The van der Waals surface area contributed by atoms with Gasteiger partial charge < -0.3 is 4.74 Å². The topological polar surface area (TPSA) is 61.2 Å². The number of methoxy groups -OCH3 is 1. The lowest BCUT2D eigenvalue weighted by molar-refractivity contribution is -0.141. The molecule has 178 valence electrons. The summed E-state index contributed by atoms with van der Waals surface area (Å²) < 4.78 is 71.0. The zero-order valence-electron chi connectivity index (χ0n) is 17.5. The van der Waals surface area contributed by atoms with Gasteiger partial charge in [0.05, 0.1) is 28.4 Å². The van der Waals surface area contributed by atoms with E-state index < -0.39 is 21.7 Å². The van der Waals surface area contributed by atoms with E-state index >= 15 is 0 Å². The monoisotopic (exact) mass is 546 g/mol. The Kier molecular flexibility index (Phi) is 6.45. The first-order chi connectivity index (χ1) is 15.9. The molecule has 0 aliphatic carbocycles. The van der Waals surface area contributed by atoms with Crippen molar-refractivity contribution in [3.63, 3.8) is 0 Å². The summed E-state index contributed by atoms with van der Waals surface area (Å²) in [5, 5.41) is 4.20. The maximum absolute atomic E-state index is 13.5. The van der Waals surface area contributed by atoms with Crippen molar-refractivity contribution in [2.24, 2.45) is 0 Å². The number of rotatable bonds is 5. The smallest absolute Gasteiger partial charge is 0.435 e. The number of nitrogens with zero attached hydrogens (tertiary/aromatic N) is 2. The van der Waals surface area contributed by atoms with Gasteiger partial charge in [0, 0.05) is 16.2 Å². The Hall–Kier alpha value is -2.53.